The number of nitrogens with zero attached hydrogens (tertiary/aromatic N) is 2. The Bertz CT molecular complexity index is 559. The highest BCUT2D eigenvalue weighted by atomic mass is 16.5. The van der Waals surface area contributed by atoms with Crippen LogP contribution in [0.1, 0.15) is 24.8 Å². The Morgan fingerprint density at radius 3 is 2.88 bits per heavy atom. The van der Waals surface area contributed by atoms with E-state index in [1.807, 2.05) is 25.2 Å². The molecule has 1 N–H and O–H groups in total. The van der Waals surface area contributed by atoms with E-state index in [2.05, 4.69) is 16.3 Å². The third-order valence-electron chi connectivity index (χ3n) is 5.07. The van der Waals surface area contributed by atoms with Gasteiger partial charge in [0.2, 0.25) is 0 Å². The monoisotopic (exact) mass is 331 g/mol. The number of nitrogens with one attached hydrogen (secondary N) is 1. The van der Waals surface area contributed by atoms with Crippen molar-refractivity contribution in [1.82, 2.24) is 15.1 Å². The first-order valence-corrected chi connectivity index (χ1v) is 9.01. The van der Waals surface area contributed by atoms with Crippen LogP contribution in [0.4, 0.5) is 4.79 Å². The molecule has 3 rings (SSSR count). The van der Waals surface area contributed by atoms with Crippen LogP contribution in [0.5, 0.6) is 5.75 Å². The van der Waals surface area contributed by atoms with Crippen LogP contribution < -0.4 is 10.1 Å². The molecule has 1 saturated carbocycles. The van der Waals surface area contributed by atoms with Crippen LogP contribution in [0, 0.1) is 5.92 Å². The molecule has 132 valence electrons. The van der Waals surface area contributed by atoms with E-state index in [4.69, 9.17) is 4.74 Å². The summed E-state index contributed by atoms with van der Waals surface area (Å²) in [5.74, 6) is 1.81. The summed E-state index contributed by atoms with van der Waals surface area (Å²) >= 11 is 0. The van der Waals surface area contributed by atoms with Crippen molar-refractivity contribution in [2.45, 2.75) is 31.7 Å². The van der Waals surface area contributed by atoms with Crippen molar-refractivity contribution in [2.75, 3.05) is 40.3 Å². The number of ether oxygens (including phenoxy) is 1. The molecule has 2 fully saturated rings. The van der Waals surface area contributed by atoms with E-state index in [1.54, 1.807) is 12.0 Å². The molecule has 5 heteroatoms. The van der Waals surface area contributed by atoms with Gasteiger partial charge < -0.3 is 19.9 Å². The number of methoxy groups -OCH3 is 1. The number of carbonyl (C=O) groups is 1. The number of hydrogen-bond donors (Lipinski definition) is 1. The second kappa shape index (κ2) is 7.88. The fourth-order valence-electron chi connectivity index (χ4n) is 3.37. The summed E-state index contributed by atoms with van der Waals surface area (Å²) < 4.78 is 5.37. The maximum absolute atomic E-state index is 12.4. The lowest BCUT2D eigenvalue weighted by atomic mass is 10.1. The van der Waals surface area contributed by atoms with Crippen molar-refractivity contribution in [2.24, 2.45) is 5.92 Å². The first kappa shape index (κ1) is 17.1. The Labute approximate surface area is 145 Å². The predicted octanol–water partition coefficient (Wildman–Crippen LogP) is 2.36. The maximum atomic E-state index is 12.4. The molecular formula is C19H29N3O2. The zero-order chi connectivity index (χ0) is 16.9. The van der Waals surface area contributed by atoms with Crippen LogP contribution in [-0.2, 0) is 6.42 Å². The summed E-state index contributed by atoms with van der Waals surface area (Å²) in [5, 5.41) is 3.18. The minimum atomic E-state index is 0.0307. The number of urea groups is 1. The second-order valence-corrected chi connectivity index (χ2v) is 7.12. The van der Waals surface area contributed by atoms with E-state index in [9.17, 15) is 4.79 Å². The predicted molar refractivity (Wildman–Crippen MR) is 95.4 cm³/mol. The third kappa shape index (κ3) is 4.63. The molecule has 1 saturated heterocycles. The molecule has 0 bridgehead atoms. The Morgan fingerprint density at radius 2 is 2.12 bits per heavy atom. The normalized spacial score (nSPS) is 20.8. The van der Waals surface area contributed by atoms with E-state index in [0.717, 1.165) is 43.2 Å². The molecule has 2 aliphatic rings. The molecule has 24 heavy (non-hydrogen) atoms. The fraction of sp³-hybridized carbons (Fsp3) is 0.632. The van der Waals surface area contributed by atoms with E-state index in [1.165, 1.54) is 19.4 Å². The maximum Gasteiger partial charge on any atom is 0.317 e. The summed E-state index contributed by atoms with van der Waals surface area (Å²) in [6.07, 6.45) is 4.64. The highest BCUT2D eigenvalue weighted by Crippen LogP contribution is 2.30. The third-order valence-corrected chi connectivity index (χ3v) is 5.07. The van der Waals surface area contributed by atoms with E-state index < -0.39 is 0 Å². The molecular weight excluding hydrogens is 302 g/mol. The molecule has 1 heterocycles. The van der Waals surface area contributed by atoms with Gasteiger partial charge in [-0.3, -0.25) is 0 Å². The van der Waals surface area contributed by atoms with Gasteiger partial charge in [-0.15, -0.1) is 0 Å². The van der Waals surface area contributed by atoms with Gasteiger partial charge in [0.15, 0.2) is 0 Å². The molecule has 2 amide bonds. The van der Waals surface area contributed by atoms with Crippen LogP contribution in [0.2, 0.25) is 0 Å². The number of carbonyl (C=O) groups excluding carboxylic acids is 1. The summed E-state index contributed by atoms with van der Waals surface area (Å²) in [6.45, 7) is 4.02. The van der Waals surface area contributed by atoms with Gasteiger partial charge in [0, 0.05) is 39.3 Å². The SMILES string of the molecule is COc1ccccc1CCN(C)C(=O)N[C@H]1CCN(CC2CC2)C1. The average molecular weight is 331 g/mol. The zero-order valence-corrected chi connectivity index (χ0v) is 14.8. The summed E-state index contributed by atoms with van der Waals surface area (Å²) in [7, 11) is 3.55. The summed E-state index contributed by atoms with van der Waals surface area (Å²) in [5.41, 5.74) is 1.14. The van der Waals surface area contributed by atoms with Crippen LogP contribution in [0.25, 0.3) is 0 Å². The highest BCUT2D eigenvalue weighted by molar-refractivity contribution is 5.74. The largest absolute Gasteiger partial charge is 0.496 e. The number of amides is 2. The number of benzene rings is 1. The minimum absolute atomic E-state index is 0.0307. The lowest BCUT2D eigenvalue weighted by Crippen LogP contribution is -2.44. The van der Waals surface area contributed by atoms with Crippen LogP contribution in [0.3, 0.4) is 0 Å². The van der Waals surface area contributed by atoms with Crippen molar-refractivity contribution < 1.29 is 9.53 Å². The number of likely N-dealkylation sites (N-methyl/N-ethyl adjacent to an activating group) is 1. The van der Waals surface area contributed by atoms with Crippen molar-refractivity contribution in [1.29, 1.82) is 0 Å². The first-order chi connectivity index (χ1) is 11.7. The Hall–Kier alpha value is -1.75. The number of rotatable bonds is 7. The molecule has 5 nitrogen and oxygen atoms in total. The standard InChI is InChI=1S/C19H29N3O2/c1-21(11-9-16-5-3-4-6-18(16)24-2)19(23)20-17-10-12-22(14-17)13-15-7-8-15/h3-6,15,17H,7-14H2,1-2H3,(H,20,23)/t17-/m0/s1. The van der Waals surface area contributed by atoms with E-state index in [-0.39, 0.29) is 6.03 Å². The second-order valence-electron chi connectivity index (χ2n) is 7.12. The quantitative estimate of drug-likeness (QED) is 0.834. The van der Waals surface area contributed by atoms with Crippen molar-refractivity contribution in [3.8, 4) is 5.75 Å². The van der Waals surface area contributed by atoms with Gasteiger partial charge in [0.1, 0.15) is 5.75 Å². The minimum Gasteiger partial charge on any atom is -0.496 e. The number of para-hydroxylation sites is 1. The molecule has 1 aromatic rings. The van der Waals surface area contributed by atoms with Gasteiger partial charge in [-0.1, -0.05) is 18.2 Å². The van der Waals surface area contributed by atoms with Crippen LogP contribution >= 0.6 is 0 Å². The van der Waals surface area contributed by atoms with Crippen molar-refractivity contribution >= 4 is 6.03 Å². The Kier molecular flexibility index (Phi) is 5.61. The van der Waals surface area contributed by atoms with Gasteiger partial charge in [-0.05, 0) is 43.2 Å². The van der Waals surface area contributed by atoms with E-state index >= 15 is 0 Å². The average Bonchev–Trinajstić information content (AvgIpc) is 3.30. The Morgan fingerprint density at radius 1 is 1.33 bits per heavy atom. The van der Waals surface area contributed by atoms with E-state index in [0.29, 0.717) is 12.6 Å². The topological polar surface area (TPSA) is 44.8 Å². The molecule has 1 aromatic carbocycles. The van der Waals surface area contributed by atoms with Gasteiger partial charge >= 0.3 is 6.03 Å². The van der Waals surface area contributed by atoms with Crippen molar-refractivity contribution in [3.63, 3.8) is 0 Å². The van der Waals surface area contributed by atoms with Gasteiger partial charge in [-0.25, -0.2) is 4.79 Å². The molecule has 1 aliphatic heterocycles. The lowest BCUT2D eigenvalue weighted by molar-refractivity contribution is 0.204. The lowest BCUT2D eigenvalue weighted by Gasteiger charge is -2.22. The van der Waals surface area contributed by atoms with Gasteiger partial charge in [0.25, 0.3) is 0 Å². The molecule has 0 aromatic heterocycles. The highest BCUT2D eigenvalue weighted by Gasteiger charge is 2.30. The molecule has 0 unspecified atom stereocenters. The summed E-state index contributed by atoms with van der Waals surface area (Å²) in [4.78, 5) is 16.7. The summed E-state index contributed by atoms with van der Waals surface area (Å²) in [6, 6.07) is 8.31. The molecule has 0 radical (unpaired) electrons. The van der Waals surface area contributed by atoms with Crippen LogP contribution in [0.15, 0.2) is 24.3 Å². The molecule has 1 aliphatic carbocycles. The van der Waals surface area contributed by atoms with Gasteiger partial charge in [-0.2, -0.15) is 0 Å². The Balaban J connectivity index is 1.41. The van der Waals surface area contributed by atoms with Gasteiger partial charge in [0.05, 0.1) is 7.11 Å². The van der Waals surface area contributed by atoms with Crippen LogP contribution in [-0.4, -0.2) is 62.2 Å². The molecule has 1 atom stereocenters. The van der Waals surface area contributed by atoms with Crippen molar-refractivity contribution in [3.05, 3.63) is 29.8 Å². The first-order valence-electron chi connectivity index (χ1n) is 9.01. The number of hydrogen-bond acceptors (Lipinski definition) is 3. The zero-order valence-electron chi connectivity index (χ0n) is 14.8. The fourth-order valence-corrected chi connectivity index (χ4v) is 3.37. The number of likely N-dealkylation sites (tertiary alicyclic amines) is 1. The smallest absolute Gasteiger partial charge is 0.317 e. The molecule has 0 spiro atoms.